The van der Waals surface area contributed by atoms with Crippen molar-refractivity contribution in [2.45, 2.75) is 38.4 Å². The lowest BCUT2D eigenvalue weighted by Gasteiger charge is -2.18. The van der Waals surface area contributed by atoms with Crippen molar-refractivity contribution in [2.24, 2.45) is 5.92 Å². The number of rotatable bonds is 6. The van der Waals surface area contributed by atoms with Crippen LogP contribution in [0.2, 0.25) is 0 Å². The molecule has 0 aromatic carbocycles. The first-order chi connectivity index (χ1) is 5.56. The molecule has 3 atom stereocenters. The van der Waals surface area contributed by atoms with Gasteiger partial charge in [0.15, 0.2) is 0 Å². The highest BCUT2D eigenvalue weighted by Gasteiger charge is 2.13. The summed E-state index contributed by atoms with van der Waals surface area (Å²) >= 11 is 0. The van der Waals surface area contributed by atoms with E-state index in [1.807, 2.05) is 0 Å². The van der Waals surface area contributed by atoms with E-state index in [4.69, 9.17) is 15.3 Å². The number of hydrogen-bond acceptors (Lipinski definition) is 3. The maximum Gasteiger partial charge on any atom is 0.0543 e. The van der Waals surface area contributed by atoms with Crippen LogP contribution in [-0.2, 0) is 0 Å². The molecule has 0 aromatic heterocycles. The third-order valence-electron chi connectivity index (χ3n) is 1.82. The lowest BCUT2D eigenvalue weighted by atomic mass is 9.93. The average Bonchev–Trinajstić information content (AvgIpc) is 1.84. The maximum absolute atomic E-state index is 9.08. The summed E-state index contributed by atoms with van der Waals surface area (Å²) in [6.45, 7) is 5.27. The minimum atomic E-state index is -0.597. The molecular formula is C9H19O3. The molecule has 0 bridgehead atoms. The van der Waals surface area contributed by atoms with Crippen LogP contribution in [0.3, 0.4) is 0 Å². The number of aliphatic hydroxyl groups is 3. The molecule has 0 amide bonds. The van der Waals surface area contributed by atoms with E-state index in [1.54, 1.807) is 6.92 Å². The van der Waals surface area contributed by atoms with Gasteiger partial charge in [-0.3, -0.25) is 0 Å². The van der Waals surface area contributed by atoms with E-state index in [2.05, 4.69) is 6.92 Å². The summed E-state index contributed by atoms with van der Waals surface area (Å²) in [7, 11) is 0. The van der Waals surface area contributed by atoms with E-state index in [1.165, 1.54) is 0 Å². The van der Waals surface area contributed by atoms with E-state index in [9.17, 15) is 0 Å². The number of hydrogen-bond donors (Lipinski definition) is 3. The number of aliphatic hydroxyl groups excluding tert-OH is 3. The molecule has 0 aromatic rings. The smallest absolute Gasteiger partial charge is 0.0543 e. The fourth-order valence-electron chi connectivity index (χ4n) is 1.38. The fourth-order valence-corrected chi connectivity index (χ4v) is 1.38. The standard InChI is InChI=1S/C9H19O3/c1-7(11)5-9(3-4-10)6-8(2)12/h7-12H,1,3-6H2,2H3. The second-order valence-electron chi connectivity index (χ2n) is 3.35. The molecule has 0 spiro atoms. The molecule has 3 nitrogen and oxygen atoms in total. The molecule has 3 N–H and O–H groups in total. The predicted octanol–water partition coefficient (Wildman–Crippen LogP) is 0.341. The second kappa shape index (κ2) is 6.40. The van der Waals surface area contributed by atoms with Gasteiger partial charge in [-0.25, -0.2) is 0 Å². The molecule has 73 valence electrons. The molecule has 3 heteroatoms. The van der Waals surface area contributed by atoms with Crippen LogP contribution in [0.15, 0.2) is 0 Å². The summed E-state index contributed by atoms with van der Waals surface area (Å²) < 4.78 is 0. The summed E-state index contributed by atoms with van der Waals surface area (Å²) in [4.78, 5) is 0. The van der Waals surface area contributed by atoms with Crippen LogP contribution in [0.5, 0.6) is 0 Å². The van der Waals surface area contributed by atoms with Gasteiger partial charge in [-0.2, -0.15) is 0 Å². The molecular weight excluding hydrogens is 156 g/mol. The normalized spacial score (nSPS) is 18.8. The van der Waals surface area contributed by atoms with Crippen molar-refractivity contribution in [1.29, 1.82) is 0 Å². The Labute approximate surface area is 74.0 Å². The molecule has 0 aliphatic heterocycles. The second-order valence-corrected chi connectivity index (χ2v) is 3.35. The molecule has 0 saturated heterocycles. The Morgan fingerprint density at radius 2 is 1.83 bits per heavy atom. The molecule has 12 heavy (non-hydrogen) atoms. The highest BCUT2D eigenvalue weighted by Crippen LogP contribution is 2.17. The van der Waals surface area contributed by atoms with Crippen LogP contribution in [0.25, 0.3) is 0 Å². The van der Waals surface area contributed by atoms with Crippen molar-refractivity contribution in [1.82, 2.24) is 0 Å². The minimum absolute atomic E-state index is 0.101. The van der Waals surface area contributed by atoms with E-state index < -0.39 is 6.10 Å². The summed E-state index contributed by atoms with van der Waals surface area (Å²) in [6, 6.07) is 0. The van der Waals surface area contributed by atoms with Gasteiger partial charge in [0.1, 0.15) is 0 Å². The van der Waals surface area contributed by atoms with Crippen LogP contribution in [0.1, 0.15) is 26.2 Å². The van der Waals surface area contributed by atoms with Gasteiger partial charge in [0.05, 0.1) is 12.2 Å². The van der Waals surface area contributed by atoms with Crippen molar-refractivity contribution in [3.05, 3.63) is 6.92 Å². The molecule has 0 aliphatic carbocycles. The largest absolute Gasteiger partial charge is 0.396 e. The molecule has 0 rings (SSSR count). The van der Waals surface area contributed by atoms with E-state index in [-0.39, 0.29) is 18.6 Å². The molecule has 1 radical (unpaired) electrons. The zero-order valence-electron chi connectivity index (χ0n) is 7.61. The lowest BCUT2D eigenvalue weighted by molar-refractivity contribution is 0.116. The van der Waals surface area contributed by atoms with Crippen molar-refractivity contribution in [3.63, 3.8) is 0 Å². The Bertz CT molecular complexity index is 91.9. The van der Waals surface area contributed by atoms with Crippen LogP contribution in [0.4, 0.5) is 0 Å². The SMILES string of the molecule is [CH2]C(O)CC(CCO)CC(C)O. The quantitative estimate of drug-likeness (QED) is 0.545. The Morgan fingerprint density at radius 1 is 1.25 bits per heavy atom. The molecule has 0 heterocycles. The highest BCUT2D eigenvalue weighted by atomic mass is 16.3. The van der Waals surface area contributed by atoms with Crippen molar-refractivity contribution in [2.75, 3.05) is 6.61 Å². The van der Waals surface area contributed by atoms with E-state index in [0.717, 1.165) is 0 Å². The minimum Gasteiger partial charge on any atom is -0.396 e. The third kappa shape index (κ3) is 6.58. The summed E-state index contributed by atoms with van der Waals surface area (Å²) in [5.41, 5.74) is 0. The lowest BCUT2D eigenvalue weighted by Crippen LogP contribution is -2.16. The highest BCUT2D eigenvalue weighted by molar-refractivity contribution is 4.68. The van der Waals surface area contributed by atoms with Gasteiger partial charge < -0.3 is 15.3 Å². The van der Waals surface area contributed by atoms with Crippen LogP contribution in [-0.4, -0.2) is 34.1 Å². The molecule has 3 unspecified atom stereocenters. The summed E-state index contributed by atoms with van der Waals surface area (Å²) in [6.07, 6.45) is 0.816. The Morgan fingerprint density at radius 3 is 2.17 bits per heavy atom. The fraction of sp³-hybridized carbons (Fsp3) is 0.889. The zero-order valence-corrected chi connectivity index (χ0v) is 7.61. The van der Waals surface area contributed by atoms with Gasteiger partial charge in [0.2, 0.25) is 0 Å². The van der Waals surface area contributed by atoms with Crippen molar-refractivity contribution in [3.8, 4) is 0 Å². The first-order valence-electron chi connectivity index (χ1n) is 4.36. The van der Waals surface area contributed by atoms with Crippen molar-refractivity contribution < 1.29 is 15.3 Å². The van der Waals surface area contributed by atoms with Gasteiger partial charge >= 0.3 is 0 Å². The molecule has 0 aliphatic rings. The van der Waals surface area contributed by atoms with E-state index >= 15 is 0 Å². The van der Waals surface area contributed by atoms with Gasteiger partial charge in [0, 0.05) is 6.61 Å². The van der Waals surface area contributed by atoms with Gasteiger partial charge in [-0.1, -0.05) is 0 Å². The molecule has 0 saturated carbocycles. The predicted molar refractivity (Wildman–Crippen MR) is 47.5 cm³/mol. The van der Waals surface area contributed by atoms with Gasteiger partial charge in [-0.15, -0.1) is 0 Å². The van der Waals surface area contributed by atoms with Crippen LogP contribution < -0.4 is 0 Å². The Balaban J connectivity index is 3.69. The monoisotopic (exact) mass is 175 g/mol. The third-order valence-corrected chi connectivity index (χ3v) is 1.82. The van der Waals surface area contributed by atoms with Crippen LogP contribution in [0, 0.1) is 12.8 Å². The maximum atomic E-state index is 9.08. The van der Waals surface area contributed by atoms with E-state index in [0.29, 0.717) is 19.3 Å². The summed E-state index contributed by atoms with van der Waals surface area (Å²) in [5, 5.41) is 26.7. The summed E-state index contributed by atoms with van der Waals surface area (Å²) in [5.74, 6) is 0.169. The Hall–Kier alpha value is -0.120. The van der Waals surface area contributed by atoms with Crippen molar-refractivity contribution >= 4 is 0 Å². The zero-order chi connectivity index (χ0) is 9.56. The molecule has 0 fully saturated rings. The first kappa shape index (κ1) is 11.9. The van der Waals surface area contributed by atoms with Crippen LogP contribution >= 0.6 is 0 Å². The van der Waals surface area contributed by atoms with Gasteiger partial charge in [-0.05, 0) is 39.0 Å². The average molecular weight is 175 g/mol. The van der Waals surface area contributed by atoms with Gasteiger partial charge in [0.25, 0.3) is 0 Å². The topological polar surface area (TPSA) is 60.7 Å². The first-order valence-corrected chi connectivity index (χ1v) is 4.36. The Kier molecular flexibility index (Phi) is 6.34.